The van der Waals surface area contributed by atoms with Gasteiger partial charge in [-0.1, -0.05) is 0 Å². The van der Waals surface area contributed by atoms with Gasteiger partial charge < -0.3 is 20.9 Å². The summed E-state index contributed by atoms with van der Waals surface area (Å²) in [6, 6.07) is 1.67. The van der Waals surface area contributed by atoms with Crippen LogP contribution in [-0.4, -0.2) is 34.4 Å². The lowest BCUT2D eigenvalue weighted by atomic mass is 9.96. The molecule has 4 N–H and O–H groups in total. The zero-order valence-corrected chi connectivity index (χ0v) is 10.4. The first kappa shape index (κ1) is 12.5. The fraction of sp³-hybridized carbons (Fsp3) is 0.500. The number of carbonyl (C=O) groups excluding carboxylic acids is 2. The second kappa shape index (κ2) is 4.72. The molecule has 0 aliphatic carbocycles. The molecular weight excluding hydrogens is 232 g/mol. The molecule has 2 heterocycles. The fourth-order valence-electron chi connectivity index (χ4n) is 2.33. The fourth-order valence-corrected chi connectivity index (χ4v) is 2.33. The van der Waals surface area contributed by atoms with Crippen LogP contribution in [0.4, 0.5) is 5.69 Å². The lowest BCUT2D eigenvalue weighted by molar-refractivity contribution is -0.123. The molecule has 0 unspecified atom stereocenters. The van der Waals surface area contributed by atoms with E-state index in [9.17, 15) is 9.59 Å². The number of carbonyl (C=O) groups is 2. The van der Waals surface area contributed by atoms with Crippen molar-refractivity contribution < 1.29 is 9.59 Å². The van der Waals surface area contributed by atoms with Crippen LogP contribution >= 0.6 is 0 Å². The highest BCUT2D eigenvalue weighted by atomic mass is 16.2. The van der Waals surface area contributed by atoms with E-state index in [4.69, 9.17) is 11.5 Å². The Morgan fingerprint density at radius 3 is 2.39 bits per heavy atom. The van der Waals surface area contributed by atoms with Gasteiger partial charge in [0.05, 0.1) is 5.69 Å². The van der Waals surface area contributed by atoms with Crippen LogP contribution in [0.25, 0.3) is 0 Å². The number of amides is 2. The van der Waals surface area contributed by atoms with Gasteiger partial charge in [0.25, 0.3) is 5.91 Å². The number of anilines is 1. The van der Waals surface area contributed by atoms with Crippen molar-refractivity contribution in [2.75, 3.05) is 18.8 Å². The van der Waals surface area contributed by atoms with Crippen LogP contribution in [0.15, 0.2) is 12.3 Å². The van der Waals surface area contributed by atoms with Crippen molar-refractivity contribution in [3.8, 4) is 0 Å². The minimum Gasteiger partial charge on any atom is -0.397 e. The van der Waals surface area contributed by atoms with Gasteiger partial charge in [0, 0.05) is 32.3 Å². The van der Waals surface area contributed by atoms with E-state index >= 15 is 0 Å². The smallest absolute Gasteiger partial charge is 0.270 e. The predicted octanol–water partition coefficient (Wildman–Crippen LogP) is -0.0552. The summed E-state index contributed by atoms with van der Waals surface area (Å²) in [7, 11) is 1.79. The molecule has 0 aromatic carbocycles. The van der Waals surface area contributed by atoms with Crippen molar-refractivity contribution in [3.63, 3.8) is 0 Å². The maximum absolute atomic E-state index is 12.2. The Morgan fingerprint density at radius 2 is 1.94 bits per heavy atom. The van der Waals surface area contributed by atoms with E-state index in [1.165, 1.54) is 0 Å². The van der Waals surface area contributed by atoms with Gasteiger partial charge in [0.15, 0.2) is 0 Å². The summed E-state index contributed by atoms with van der Waals surface area (Å²) in [5.41, 5.74) is 12.1. The molecule has 6 heteroatoms. The topological polar surface area (TPSA) is 94.3 Å². The molecule has 2 rings (SSSR count). The Morgan fingerprint density at radius 1 is 1.33 bits per heavy atom. The molecule has 0 bridgehead atoms. The number of nitrogens with two attached hydrogens (primary N) is 2. The number of rotatable bonds is 2. The third kappa shape index (κ3) is 2.32. The summed E-state index contributed by atoms with van der Waals surface area (Å²) in [5, 5.41) is 0. The van der Waals surface area contributed by atoms with Crippen LogP contribution in [-0.2, 0) is 11.8 Å². The molecule has 18 heavy (non-hydrogen) atoms. The van der Waals surface area contributed by atoms with Crippen molar-refractivity contribution >= 4 is 17.5 Å². The zero-order chi connectivity index (χ0) is 13.3. The van der Waals surface area contributed by atoms with Crippen LogP contribution in [0.5, 0.6) is 0 Å². The first-order valence-corrected chi connectivity index (χ1v) is 5.99. The molecule has 2 amide bonds. The first-order chi connectivity index (χ1) is 8.49. The minimum absolute atomic E-state index is 0.0443. The molecule has 0 saturated carbocycles. The first-order valence-electron chi connectivity index (χ1n) is 5.99. The third-order valence-electron chi connectivity index (χ3n) is 3.43. The van der Waals surface area contributed by atoms with Gasteiger partial charge in [-0.05, 0) is 18.9 Å². The number of hydrogen-bond acceptors (Lipinski definition) is 3. The normalized spacial score (nSPS) is 16.8. The third-order valence-corrected chi connectivity index (χ3v) is 3.43. The Labute approximate surface area is 106 Å². The Kier molecular flexibility index (Phi) is 3.27. The molecular formula is C12H18N4O2. The highest BCUT2D eigenvalue weighted by Gasteiger charge is 2.27. The summed E-state index contributed by atoms with van der Waals surface area (Å²) in [5.74, 6) is -0.421. The molecule has 0 spiro atoms. The van der Waals surface area contributed by atoms with Crippen LogP contribution in [0.2, 0.25) is 0 Å². The number of nitrogen functional groups attached to an aromatic ring is 1. The molecule has 6 nitrogen and oxygen atoms in total. The average molecular weight is 250 g/mol. The van der Waals surface area contributed by atoms with Gasteiger partial charge in [-0.3, -0.25) is 9.59 Å². The Balaban J connectivity index is 2.04. The summed E-state index contributed by atoms with van der Waals surface area (Å²) in [6.45, 7) is 1.13. The second-order valence-electron chi connectivity index (χ2n) is 4.74. The summed E-state index contributed by atoms with van der Waals surface area (Å²) in [6.07, 6.45) is 2.99. The molecule has 1 aliphatic heterocycles. The van der Waals surface area contributed by atoms with E-state index in [1.807, 2.05) is 0 Å². The van der Waals surface area contributed by atoms with Crippen molar-refractivity contribution in [2.45, 2.75) is 12.8 Å². The summed E-state index contributed by atoms with van der Waals surface area (Å²) < 4.78 is 1.72. The number of nitrogens with zero attached hydrogens (tertiary/aromatic N) is 2. The molecule has 1 aliphatic rings. The quantitative estimate of drug-likeness (QED) is 0.770. The van der Waals surface area contributed by atoms with Crippen molar-refractivity contribution in [2.24, 2.45) is 18.7 Å². The van der Waals surface area contributed by atoms with Gasteiger partial charge in [-0.2, -0.15) is 0 Å². The molecule has 1 saturated heterocycles. The van der Waals surface area contributed by atoms with Crippen molar-refractivity contribution in [1.82, 2.24) is 9.47 Å². The van der Waals surface area contributed by atoms with Gasteiger partial charge in [0.1, 0.15) is 5.69 Å². The zero-order valence-electron chi connectivity index (χ0n) is 10.4. The van der Waals surface area contributed by atoms with Gasteiger partial charge in [0.2, 0.25) is 5.91 Å². The second-order valence-corrected chi connectivity index (χ2v) is 4.74. The van der Waals surface area contributed by atoms with Crippen LogP contribution in [0.1, 0.15) is 23.3 Å². The maximum Gasteiger partial charge on any atom is 0.270 e. The van der Waals surface area contributed by atoms with E-state index in [1.54, 1.807) is 28.8 Å². The summed E-state index contributed by atoms with van der Waals surface area (Å²) >= 11 is 0. The minimum atomic E-state index is -0.273. The van der Waals surface area contributed by atoms with E-state index in [0.717, 1.165) is 0 Å². The number of aromatic nitrogens is 1. The molecule has 1 aromatic rings. The lowest BCUT2D eigenvalue weighted by Crippen LogP contribution is -2.42. The molecule has 1 aromatic heterocycles. The van der Waals surface area contributed by atoms with Gasteiger partial charge in [-0.15, -0.1) is 0 Å². The van der Waals surface area contributed by atoms with E-state index in [0.29, 0.717) is 37.3 Å². The van der Waals surface area contributed by atoms with Crippen molar-refractivity contribution in [1.29, 1.82) is 0 Å². The van der Waals surface area contributed by atoms with Crippen molar-refractivity contribution in [3.05, 3.63) is 18.0 Å². The predicted molar refractivity (Wildman–Crippen MR) is 67.6 cm³/mol. The van der Waals surface area contributed by atoms with Crippen LogP contribution in [0.3, 0.4) is 0 Å². The summed E-state index contributed by atoms with van der Waals surface area (Å²) in [4.78, 5) is 25.0. The Hall–Kier alpha value is -1.98. The van der Waals surface area contributed by atoms with E-state index in [2.05, 4.69) is 0 Å². The Bertz CT molecular complexity index is 472. The number of hydrogen-bond donors (Lipinski definition) is 2. The average Bonchev–Trinajstić information content (AvgIpc) is 2.67. The molecule has 98 valence electrons. The SMILES string of the molecule is Cn1cc(N)cc1C(=O)N1CCC(C(N)=O)CC1. The number of primary amides is 1. The largest absolute Gasteiger partial charge is 0.397 e. The number of piperidine rings is 1. The van der Waals surface area contributed by atoms with E-state index < -0.39 is 0 Å². The van der Waals surface area contributed by atoms with E-state index in [-0.39, 0.29) is 17.7 Å². The highest BCUT2D eigenvalue weighted by Crippen LogP contribution is 2.19. The highest BCUT2D eigenvalue weighted by molar-refractivity contribution is 5.94. The number of likely N-dealkylation sites (tertiary alicyclic amines) is 1. The lowest BCUT2D eigenvalue weighted by Gasteiger charge is -2.30. The van der Waals surface area contributed by atoms with Crippen LogP contribution < -0.4 is 11.5 Å². The molecule has 1 fully saturated rings. The number of aryl methyl sites for hydroxylation is 1. The monoisotopic (exact) mass is 250 g/mol. The van der Waals surface area contributed by atoms with Gasteiger partial charge in [-0.25, -0.2) is 0 Å². The maximum atomic E-state index is 12.2. The van der Waals surface area contributed by atoms with Crippen LogP contribution in [0, 0.1) is 5.92 Å². The van der Waals surface area contributed by atoms with Gasteiger partial charge >= 0.3 is 0 Å². The molecule has 0 radical (unpaired) electrons. The molecule has 0 atom stereocenters. The standard InChI is InChI=1S/C12H18N4O2/c1-15-7-9(13)6-10(15)12(18)16-4-2-8(3-5-16)11(14)17/h6-8H,2-5,13H2,1H3,(H2,14,17).